The van der Waals surface area contributed by atoms with Gasteiger partial charge in [-0.3, -0.25) is 9.69 Å². The number of aromatic nitrogens is 1. The van der Waals surface area contributed by atoms with Crippen LogP contribution in [0.1, 0.15) is 60.7 Å². The molecule has 1 heterocycles. The lowest BCUT2D eigenvalue weighted by Gasteiger charge is -2.29. The van der Waals surface area contributed by atoms with Crippen LogP contribution in [0.25, 0.3) is 0 Å². The van der Waals surface area contributed by atoms with Gasteiger partial charge in [0.2, 0.25) is 5.89 Å². The molecule has 0 spiro atoms. The summed E-state index contributed by atoms with van der Waals surface area (Å²) in [4.78, 5) is 19.1. The number of rotatable bonds is 11. The van der Waals surface area contributed by atoms with Crippen molar-refractivity contribution in [1.29, 1.82) is 0 Å². The zero-order chi connectivity index (χ0) is 23.8. The molecule has 0 bridgehead atoms. The van der Waals surface area contributed by atoms with E-state index in [4.69, 9.17) is 13.9 Å². The van der Waals surface area contributed by atoms with Crippen LogP contribution in [-0.4, -0.2) is 36.1 Å². The van der Waals surface area contributed by atoms with Crippen molar-refractivity contribution in [2.75, 3.05) is 14.2 Å². The molecular formula is C26H33N3O4. The summed E-state index contributed by atoms with van der Waals surface area (Å²) >= 11 is 0. The molecule has 7 heteroatoms. The van der Waals surface area contributed by atoms with Crippen LogP contribution in [0.15, 0.2) is 59.2 Å². The first kappa shape index (κ1) is 24.3. The average Bonchev–Trinajstić information content (AvgIpc) is 3.32. The van der Waals surface area contributed by atoms with Gasteiger partial charge in [0, 0.05) is 24.2 Å². The highest BCUT2D eigenvalue weighted by molar-refractivity contribution is 5.92. The maximum absolute atomic E-state index is 12.4. The van der Waals surface area contributed by atoms with Crippen molar-refractivity contribution in [3.05, 3.63) is 77.5 Å². The van der Waals surface area contributed by atoms with Crippen molar-refractivity contribution < 1.29 is 18.7 Å². The molecule has 2 atom stereocenters. The minimum absolute atomic E-state index is 0.0615. The molecule has 0 aliphatic heterocycles. The van der Waals surface area contributed by atoms with Gasteiger partial charge in [0.05, 0.1) is 20.8 Å². The lowest BCUT2D eigenvalue weighted by atomic mass is 10.1. The maximum atomic E-state index is 12.4. The molecule has 0 radical (unpaired) electrons. The summed E-state index contributed by atoms with van der Waals surface area (Å²) in [5.74, 6) is 1.80. The van der Waals surface area contributed by atoms with E-state index in [-0.39, 0.29) is 23.7 Å². The summed E-state index contributed by atoms with van der Waals surface area (Å²) < 4.78 is 16.7. The van der Waals surface area contributed by atoms with Gasteiger partial charge in [0.15, 0.2) is 5.69 Å². The molecule has 33 heavy (non-hydrogen) atoms. The topological polar surface area (TPSA) is 76.8 Å². The Labute approximate surface area is 195 Å². The molecule has 0 unspecified atom stereocenters. The van der Waals surface area contributed by atoms with Gasteiger partial charge >= 0.3 is 0 Å². The van der Waals surface area contributed by atoms with Crippen molar-refractivity contribution in [1.82, 2.24) is 15.2 Å². The molecule has 7 nitrogen and oxygen atoms in total. The second kappa shape index (κ2) is 11.5. The second-order valence-electron chi connectivity index (χ2n) is 8.08. The van der Waals surface area contributed by atoms with E-state index < -0.39 is 0 Å². The Morgan fingerprint density at radius 2 is 1.85 bits per heavy atom. The second-order valence-corrected chi connectivity index (χ2v) is 8.08. The van der Waals surface area contributed by atoms with E-state index in [1.54, 1.807) is 14.2 Å². The van der Waals surface area contributed by atoms with Crippen molar-refractivity contribution in [2.24, 2.45) is 0 Å². The van der Waals surface area contributed by atoms with Crippen molar-refractivity contribution in [3.63, 3.8) is 0 Å². The van der Waals surface area contributed by atoms with Crippen molar-refractivity contribution >= 4 is 5.91 Å². The average molecular weight is 452 g/mol. The Kier molecular flexibility index (Phi) is 8.49. The van der Waals surface area contributed by atoms with Crippen LogP contribution >= 0.6 is 0 Å². The molecule has 176 valence electrons. The zero-order valence-corrected chi connectivity index (χ0v) is 20.0. The normalized spacial score (nSPS) is 12.9. The molecular weight excluding hydrogens is 418 g/mol. The van der Waals surface area contributed by atoms with Crippen LogP contribution in [0, 0.1) is 0 Å². The summed E-state index contributed by atoms with van der Waals surface area (Å²) in [6.45, 7) is 7.13. The zero-order valence-electron chi connectivity index (χ0n) is 20.0. The summed E-state index contributed by atoms with van der Waals surface area (Å²) in [7, 11) is 3.31. The van der Waals surface area contributed by atoms with Gasteiger partial charge in [0.25, 0.3) is 5.91 Å². The number of benzene rings is 2. The summed E-state index contributed by atoms with van der Waals surface area (Å²) in [5.41, 5.74) is 2.44. The highest BCUT2D eigenvalue weighted by Gasteiger charge is 2.22. The molecule has 3 rings (SSSR count). The van der Waals surface area contributed by atoms with E-state index in [0.717, 1.165) is 23.5 Å². The fraction of sp³-hybridized carbons (Fsp3) is 0.385. The van der Waals surface area contributed by atoms with E-state index in [1.165, 1.54) is 11.8 Å². The minimum Gasteiger partial charge on any atom is -0.497 e. The van der Waals surface area contributed by atoms with E-state index >= 15 is 0 Å². The monoisotopic (exact) mass is 451 g/mol. The third kappa shape index (κ3) is 6.35. The molecule has 0 saturated heterocycles. The van der Waals surface area contributed by atoms with E-state index in [0.29, 0.717) is 19.0 Å². The molecule has 1 aromatic heterocycles. The number of carbonyl (C=O) groups is 1. The van der Waals surface area contributed by atoms with Gasteiger partial charge in [0.1, 0.15) is 17.8 Å². The van der Waals surface area contributed by atoms with Crippen LogP contribution in [-0.2, 0) is 13.1 Å². The molecule has 1 N–H and O–H groups in total. The number of nitrogens with zero attached hydrogens (tertiary/aromatic N) is 2. The quantitative estimate of drug-likeness (QED) is 0.443. The number of carbonyl (C=O) groups excluding carboxylic acids is 1. The minimum atomic E-state index is -0.225. The molecule has 0 aliphatic rings. The Bertz CT molecular complexity index is 1040. The lowest BCUT2D eigenvalue weighted by Crippen LogP contribution is -2.32. The third-order valence-corrected chi connectivity index (χ3v) is 5.80. The Morgan fingerprint density at radius 1 is 1.09 bits per heavy atom. The molecule has 1 amide bonds. The fourth-order valence-corrected chi connectivity index (χ4v) is 3.56. The largest absolute Gasteiger partial charge is 0.497 e. The Balaban J connectivity index is 1.87. The number of methoxy groups -OCH3 is 2. The summed E-state index contributed by atoms with van der Waals surface area (Å²) in [5, 5.41) is 2.92. The molecule has 0 fully saturated rings. The molecule has 2 aromatic carbocycles. The van der Waals surface area contributed by atoms with Gasteiger partial charge < -0.3 is 19.2 Å². The number of nitrogens with one attached hydrogen (secondary N) is 1. The summed E-state index contributed by atoms with van der Waals surface area (Å²) in [6.07, 6.45) is 2.27. The Hall–Kier alpha value is -3.32. The fourth-order valence-electron chi connectivity index (χ4n) is 3.56. The van der Waals surface area contributed by atoms with Gasteiger partial charge in [-0.25, -0.2) is 4.98 Å². The van der Waals surface area contributed by atoms with E-state index in [2.05, 4.69) is 34.3 Å². The molecule has 3 aromatic rings. The SMILES string of the molecule is CC[C@@H](C)NC(=O)c1coc(CN(Cc2cc(OC)ccc2OC)[C@H](C)c2ccccc2)n1. The van der Waals surface area contributed by atoms with Crippen LogP contribution in [0.2, 0.25) is 0 Å². The first-order valence-electron chi connectivity index (χ1n) is 11.2. The van der Waals surface area contributed by atoms with Crippen LogP contribution in [0.3, 0.4) is 0 Å². The predicted octanol–water partition coefficient (Wildman–Crippen LogP) is 4.98. The van der Waals surface area contributed by atoms with E-state index in [9.17, 15) is 4.79 Å². The number of hydrogen-bond donors (Lipinski definition) is 1. The van der Waals surface area contributed by atoms with Gasteiger partial charge in [-0.15, -0.1) is 0 Å². The van der Waals surface area contributed by atoms with E-state index in [1.807, 2.05) is 50.2 Å². The first-order valence-corrected chi connectivity index (χ1v) is 11.2. The Morgan fingerprint density at radius 3 is 2.52 bits per heavy atom. The van der Waals surface area contributed by atoms with Crippen LogP contribution < -0.4 is 14.8 Å². The standard InChI is InChI=1S/C26H33N3O4/c1-6-18(2)27-26(30)23-17-33-25(28-23)16-29(19(3)20-10-8-7-9-11-20)15-21-14-22(31-4)12-13-24(21)32-5/h7-14,17-19H,6,15-16H2,1-5H3,(H,27,30)/t18-,19-/m1/s1. The molecule has 0 saturated carbocycles. The maximum Gasteiger partial charge on any atom is 0.273 e. The van der Waals surface area contributed by atoms with Gasteiger partial charge in [-0.05, 0) is 44.0 Å². The number of oxazole rings is 1. The third-order valence-electron chi connectivity index (χ3n) is 5.80. The van der Waals surface area contributed by atoms with Crippen LogP contribution in [0.4, 0.5) is 0 Å². The van der Waals surface area contributed by atoms with Gasteiger partial charge in [-0.1, -0.05) is 37.3 Å². The first-order chi connectivity index (χ1) is 15.9. The van der Waals surface area contributed by atoms with Crippen LogP contribution in [0.5, 0.6) is 11.5 Å². The lowest BCUT2D eigenvalue weighted by molar-refractivity contribution is 0.0934. The number of amides is 1. The number of hydrogen-bond acceptors (Lipinski definition) is 6. The summed E-state index contributed by atoms with van der Waals surface area (Å²) in [6, 6.07) is 16.1. The van der Waals surface area contributed by atoms with Gasteiger partial charge in [-0.2, -0.15) is 0 Å². The smallest absolute Gasteiger partial charge is 0.273 e. The van der Waals surface area contributed by atoms with Crippen molar-refractivity contribution in [2.45, 2.75) is 52.4 Å². The predicted molar refractivity (Wildman–Crippen MR) is 127 cm³/mol. The number of ether oxygens (including phenoxy) is 2. The highest BCUT2D eigenvalue weighted by atomic mass is 16.5. The molecule has 0 aliphatic carbocycles. The highest BCUT2D eigenvalue weighted by Crippen LogP contribution is 2.30. The van der Waals surface area contributed by atoms with Crippen molar-refractivity contribution in [3.8, 4) is 11.5 Å².